The third-order valence-electron chi connectivity index (χ3n) is 2.51. The highest BCUT2D eigenvalue weighted by molar-refractivity contribution is 5.90. The molecule has 1 fully saturated rings. The Hall–Kier alpha value is -1.10. The number of amides is 2. The maximum absolute atomic E-state index is 11.7. The highest BCUT2D eigenvalue weighted by atomic mass is 16.2. The monoisotopic (exact) mass is 199 g/mol. The van der Waals surface area contributed by atoms with E-state index in [1.165, 1.54) is 4.90 Å². The van der Waals surface area contributed by atoms with Gasteiger partial charge in [0.05, 0.1) is 6.04 Å². The van der Waals surface area contributed by atoms with Gasteiger partial charge in [-0.25, -0.2) is 0 Å². The van der Waals surface area contributed by atoms with Gasteiger partial charge in [0.2, 0.25) is 11.8 Å². The first-order valence-electron chi connectivity index (χ1n) is 4.91. The molecule has 5 nitrogen and oxygen atoms in total. The predicted molar refractivity (Wildman–Crippen MR) is 52.5 cm³/mol. The largest absolute Gasteiger partial charge is 0.368 e. The molecule has 0 bridgehead atoms. The maximum atomic E-state index is 11.7. The summed E-state index contributed by atoms with van der Waals surface area (Å²) in [7, 11) is 0. The van der Waals surface area contributed by atoms with Crippen LogP contribution in [0.2, 0.25) is 0 Å². The third kappa shape index (κ3) is 2.04. The van der Waals surface area contributed by atoms with Crippen LogP contribution < -0.4 is 11.1 Å². The summed E-state index contributed by atoms with van der Waals surface area (Å²) in [5.74, 6) is -0.449. The fraction of sp³-hybridized carbons (Fsp3) is 0.778. The lowest BCUT2D eigenvalue weighted by Gasteiger charge is -2.40. The zero-order valence-electron chi connectivity index (χ0n) is 8.62. The van der Waals surface area contributed by atoms with Gasteiger partial charge in [0.25, 0.3) is 0 Å². The van der Waals surface area contributed by atoms with Crippen molar-refractivity contribution in [1.82, 2.24) is 10.2 Å². The quantitative estimate of drug-likeness (QED) is 0.614. The molecule has 1 aliphatic rings. The molecule has 0 spiro atoms. The lowest BCUT2D eigenvalue weighted by Crippen LogP contribution is -2.60. The van der Waals surface area contributed by atoms with Crippen LogP contribution in [-0.4, -0.2) is 41.9 Å². The minimum atomic E-state index is -0.409. The Bertz CT molecular complexity index is 242. The third-order valence-corrected chi connectivity index (χ3v) is 2.51. The van der Waals surface area contributed by atoms with Crippen LogP contribution in [-0.2, 0) is 9.59 Å². The molecule has 2 unspecified atom stereocenters. The second kappa shape index (κ2) is 4.41. The van der Waals surface area contributed by atoms with Crippen molar-refractivity contribution in [2.45, 2.75) is 32.4 Å². The minimum Gasteiger partial charge on any atom is -0.368 e. The smallest absolute Gasteiger partial charge is 0.240 e. The summed E-state index contributed by atoms with van der Waals surface area (Å²) in [6.07, 6.45) is 0.694. The van der Waals surface area contributed by atoms with Gasteiger partial charge < -0.3 is 16.0 Å². The molecule has 1 saturated heterocycles. The van der Waals surface area contributed by atoms with E-state index in [1.807, 2.05) is 6.92 Å². The van der Waals surface area contributed by atoms with E-state index in [1.54, 1.807) is 6.92 Å². The van der Waals surface area contributed by atoms with Crippen molar-refractivity contribution in [3.8, 4) is 0 Å². The van der Waals surface area contributed by atoms with Gasteiger partial charge in [-0.05, 0) is 19.9 Å². The van der Waals surface area contributed by atoms with E-state index in [2.05, 4.69) is 5.32 Å². The topological polar surface area (TPSA) is 75.4 Å². The predicted octanol–water partition coefficient (Wildman–Crippen LogP) is -0.929. The Morgan fingerprint density at radius 2 is 2.29 bits per heavy atom. The molecule has 1 aliphatic heterocycles. The van der Waals surface area contributed by atoms with Crippen molar-refractivity contribution >= 4 is 11.8 Å². The van der Waals surface area contributed by atoms with Crippen molar-refractivity contribution in [3.05, 3.63) is 0 Å². The van der Waals surface area contributed by atoms with Gasteiger partial charge in [-0.15, -0.1) is 0 Å². The number of nitrogens with two attached hydrogens (primary N) is 1. The zero-order valence-corrected chi connectivity index (χ0v) is 8.62. The Morgan fingerprint density at radius 1 is 1.64 bits per heavy atom. The van der Waals surface area contributed by atoms with Gasteiger partial charge in [-0.1, -0.05) is 6.92 Å². The van der Waals surface area contributed by atoms with E-state index in [4.69, 9.17) is 5.73 Å². The van der Waals surface area contributed by atoms with Crippen molar-refractivity contribution in [2.75, 3.05) is 13.1 Å². The molecule has 2 amide bonds. The molecule has 14 heavy (non-hydrogen) atoms. The molecule has 0 aromatic carbocycles. The highest BCUT2D eigenvalue weighted by Gasteiger charge is 2.37. The summed E-state index contributed by atoms with van der Waals surface area (Å²) in [5.41, 5.74) is 5.15. The molecule has 0 saturated carbocycles. The first-order chi connectivity index (χ1) is 6.57. The molecule has 0 aliphatic carbocycles. The lowest BCUT2D eigenvalue weighted by atomic mass is 10.0. The number of primary amides is 1. The van der Waals surface area contributed by atoms with E-state index in [9.17, 15) is 9.59 Å². The fourth-order valence-electron chi connectivity index (χ4n) is 1.59. The molecule has 0 aromatic rings. The van der Waals surface area contributed by atoms with E-state index in [0.29, 0.717) is 13.0 Å². The van der Waals surface area contributed by atoms with Crippen molar-refractivity contribution in [2.24, 2.45) is 5.73 Å². The number of nitrogens with one attached hydrogen (secondary N) is 1. The number of rotatable bonds is 4. The van der Waals surface area contributed by atoms with Crippen LogP contribution in [0.5, 0.6) is 0 Å². The summed E-state index contributed by atoms with van der Waals surface area (Å²) in [6.45, 7) is 5.11. The Morgan fingerprint density at radius 3 is 2.64 bits per heavy atom. The molecule has 1 heterocycles. The van der Waals surface area contributed by atoms with Crippen LogP contribution >= 0.6 is 0 Å². The van der Waals surface area contributed by atoms with Crippen LogP contribution in [0.1, 0.15) is 20.3 Å². The summed E-state index contributed by atoms with van der Waals surface area (Å²) in [4.78, 5) is 24.1. The molecular formula is C9H17N3O2. The summed E-state index contributed by atoms with van der Waals surface area (Å²) in [6, 6.07) is -0.620. The SMILES string of the molecule is CCNC(C)C(=O)N1CCC1C(N)=O. The van der Waals surface area contributed by atoms with Crippen molar-refractivity contribution in [1.29, 1.82) is 0 Å². The van der Waals surface area contributed by atoms with Gasteiger partial charge in [0, 0.05) is 6.54 Å². The van der Waals surface area contributed by atoms with Gasteiger partial charge in [-0.3, -0.25) is 9.59 Å². The van der Waals surface area contributed by atoms with Crippen LogP contribution in [0.15, 0.2) is 0 Å². The van der Waals surface area contributed by atoms with Crippen LogP contribution in [0.4, 0.5) is 0 Å². The molecule has 5 heteroatoms. The second-order valence-electron chi connectivity index (χ2n) is 3.52. The number of nitrogens with zero attached hydrogens (tertiary/aromatic N) is 1. The summed E-state index contributed by atoms with van der Waals surface area (Å²) < 4.78 is 0. The molecular weight excluding hydrogens is 182 g/mol. The molecule has 2 atom stereocenters. The fourth-order valence-corrected chi connectivity index (χ4v) is 1.59. The Kier molecular flexibility index (Phi) is 3.46. The van der Waals surface area contributed by atoms with Gasteiger partial charge in [0.1, 0.15) is 6.04 Å². The van der Waals surface area contributed by atoms with E-state index >= 15 is 0 Å². The molecule has 0 radical (unpaired) electrons. The first kappa shape index (κ1) is 11.0. The Balaban J connectivity index is 2.49. The summed E-state index contributed by atoms with van der Waals surface area (Å²) in [5, 5.41) is 3.01. The first-order valence-corrected chi connectivity index (χ1v) is 4.91. The van der Waals surface area contributed by atoms with Gasteiger partial charge >= 0.3 is 0 Å². The van der Waals surface area contributed by atoms with E-state index in [-0.39, 0.29) is 18.0 Å². The average Bonchev–Trinajstić information content (AvgIpc) is 2.01. The number of likely N-dealkylation sites (tertiary alicyclic amines) is 1. The Labute approximate surface area is 83.6 Å². The molecule has 3 N–H and O–H groups in total. The number of carbonyl (C=O) groups is 2. The van der Waals surface area contributed by atoms with Gasteiger partial charge in [0.15, 0.2) is 0 Å². The number of likely N-dealkylation sites (N-methyl/N-ethyl adjacent to an activating group) is 1. The minimum absolute atomic E-state index is 0.0399. The normalized spacial score (nSPS) is 22.7. The average molecular weight is 199 g/mol. The van der Waals surface area contributed by atoms with Crippen LogP contribution in [0.3, 0.4) is 0 Å². The van der Waals surface area contributed by atoms with Crippen molar-refractivity contribution in [3.63, 3.8) is 0 Å². The van der Waals surface area contributed by atoms with E-state index < -0.39 is 5.91 Å². The maximum Gasteiger partial charge on any atom is 0.240 e. The molecule has 80 valence electrons. The number of hydrogen-bond donors (Lipinski definition) is 2. The highest BCUT2D eigenvalue weighted by Crippen LogP contribution is 2.17. The summed E-state index contributed by atoms with van der Waals surface area (Å²) >= 11 is 0. The van der Waals surface area contributed by atoms with E-state index in [0.717, 1.165) is 6.54 Å². The second-order valence-corrected chi connectivity index (χ2v) is 3.52. The molecule has 0 aromatic heterocycles. The van der Waals surface area contributed by atoms with Crippen molar-refractivity contribution < 1.29 is 9.59 Å². The standard InChI is InChI=1S/C9H17N3O2/c1-3-11-6(2)9(14)12-5-4-7(12)8(10)13/h6-7,11H,3-5H2,1-2H3,(H2,10,13). The van der Waals surface area contributed by atoms with Crippen LogP contribution in [0, 0.1) is 0 Å². The number of carbonyl (C=O) groups excluding carboxylic acids is 2. The van der Waals surface area contributed by atoms with Gasteiger partial charge in [-0.2, -0.15) is 0 Å². The number of hydrogen-bond acceptors (Lipinski definition) is 3. The zero-order chi connectivity index (χ0) is 10.7. The lowest BCUT2D eigenvalue weighted by molar-refractivity contribution is -0.147. The molecule has 1 rings (SSSR count). The van der Waals surface area contributed by atoms with Crippen LogP contribution in [0.25, 0.3) is 0 Å².